The third-order valence-corrected chi connectivity index (χ3v) is 15.0. The molecule has 0 radical (unpaired) electrons. The van der Waals surface area contributed by atoms with E-state index < -0.39 is 24.0 Å². The lowest BCUT2D eigenvalue weighted by Crippen LogP contribution is -2.70. The van der Waals surface area contributed by atoms with Crippen LogP contribution in [0.25, 0.3) is 0 Å². The molecular formula is C55H82N2O10S. The number of hydrogen-bond acceptors (Lipinski definition) is 12. The molecule has 2 fully saturated rings. The predicted molar refractivity (Wildman–Crippen MR) is 269 cm³/mol. The second-order valence-electron chi connectivity index (χ2n) is 19.0. The number of amides is 1. The van der Waals surface area contributed by atoms with Crippen molar-refractivity contribution in [3.8, 4) is 17.2 Å². The Morgan fingerprint density at radius 1 is 0.897 bits per heavy atom. The first-order valence-corrected chi connectivity index (χ1v) is 27.3. The number of ether oxygens (including phenoxy) is 5. The molecular weight excluding hydrogens is 881 g/mol. The fraction of sp³-hybridized carbons (Fsp3) is 0.673. The van der Waals surface area contributed by atoms with Gasteiger partial charge in [-0.05, 0) is 111 Å². The molecule has 13 heteroatoms. The number of allylic oxidation sites excluding steroid dienone is 1. The molecule has 0 aromatic heterocycles. The van der Waals surface area contributed by atoms with Crippen LogP contribution in [0.3, 0.4) is 0 Å². The lowest BCUT2D eigenvalue weighted by atomic mass is 9.55. The van der Waals surface area contributed by atoms with Crippen molar-refractivity contribution in [3.63, 3.8) is 0 Å². The number of carbonyl (C=O) groups excluding carboxylic acids is 1. The molecule has 3 N–H and O–H groups in total. The molecule has 12 nitrogen and oxygen atoms in total. The van der Waals surface area contributed by atoms with Gasteiger partial charge < -0.3 is 48.7 Å². The van der Waals surface area contributed by atoms with E-state index in [4.69, 9.17) is 33.7 Å². The van der Waals surface area contributed by atoms with Gasteiger partial charge in [-0.3, -0.25) is 4.79 Å². The Morgan fingerprint density at radius 3 is 2.32 bits per heavy atom. The molecule has 0 bridgehead atoms. The maximum absolute atomic E-state index is 15.0. The van der Waals surface area contributed by atoms with Gasteiger partial charge in [-0.15, -0.1) is 18.3 Å². The first-order chi connectivity index (χ1) is 33.4. The third-order valence-electron chi connectivity index (χ3n) is 14.3. The van der Waals surface area contributed by atoms with E-state index in [1.165, 1.54) is 38.5 Å². The molecule has 378 valence electrons. The summed E-state index contributed by atoms with van der Waals surface area (Å²) in [6.07, 6.45) is 24.0. The Hall–Kier alpha value is -3.43. The lowest BCUT2D eigenvalue weighted by Gasteiger charge is -2.60. The number of rotatable bonds is 32. The molecule has 1 saturated carbocycles. The number of nitrogens with zero attached hydrogens (tertiary/aromatic N) is 2. The molecule has 6 rings (SSSR count). The molecule has 2 aromatic carbocycles. The quantitative estimate of drug-likeness (QED) is 0.0278. The van der Waals surface area contributed by atoms with Crippen molar-refractivity contribution >= 4 is 23.4 Å². The van der Waals surface area contributed by atoms with Crippen molar-refractivity contribution < 1.29 is 48.6 Å². The fourth-order valence-electron chi connectivity index (χ4n) is 10.9. The van der Waals surface area contributed by atoms with Gasteiger partial charge in [-0.1, -0.05) is 88.4 Å². The first kappa shape index (κ1) is 53.9. The molecule has 1 amide bonds. The van der Waals surface area contributed by atoms with Crippen molar-refractivity contribution in [2.24, 2.45) is 22.9 Å². The minimum absolute atomic E-state index is 0.00481. The van der Waals surface area contributed by atoms with Crippen LogP contribution in [0.2, 0.25) is 0 Å². The van der Waals surface area contributed by atoms with Crippen LogP contribution in [0.5, 0.6) is 17.2 Å². The number of unbranched alkanes of at least 4 members (excludes halogenated alkanes) is 10. The highest BCUT2D eigenvalue weighted by atomic mass is 32.2. The summed E-state index contributed by atoms with van der Waals surface area (Å²) in [7, 11) is 0. The maximum Gasteiger partial charge on any atom is 0.239 e. The van der Waals surface area contributed by atoms with E-state index in [-0.39, 0.29) is 69.8 Å². The van der Waals surface area contributed by atoms with Gasteiger partial charge in [0.1, 0.15) is 23.3 Å². The van der Waals surface area contributed by atoms with Gasteiger partial charge in [0.25, 0.3) is 0 Å². The predicted octanol–water partition coefficient (Wildman–Crippen LogP) is 11.1. The van der Waals surface area contributed by atoms with Crippen LogP contribution in [0.1, 0.15) is 147 Å². The molecule has 7 atom stereocenters. The molecule has 4 aliphatic rings. The van der Waals surface area contributed by atoms with Gasteiger partial charge in [0.05, 0.1) is 44.7 Å². The number of carbonyl (C=O) groups is 1. The van der Waals surface area contributed by atoms with Crippen LogP contribution in [0.4, 0.5) is 0 Å². The number of aliphatic hydroxyl groups excluding tert-OH is 3. The number of fused-ring (bicyclic) bond motifs is 2. The van der Waals surface area contributed by atoms with Crippen LogP contribution in [0, 0.1) is 17.8 Å². The SMILES string of the molecule is C=CCOC12Oc3ccc(Oc4ccc(SC)cc4)cc3C3C(CCCCO)C(CCCCO)C=C(C(=NOC4CCCCO4)CC1N(CCOCCO)C(=O)CCCCCCCCCCC)C32. The van der Waals surface area contributed by atoms with Crippen LogP contribution in [0.15, 0.2) is 76.8 Å². The molecule has 2 aliphatic heterocycles. The van der Waals surface area contributed by atoms with E-state index in [0.29, 0.717) is 43.8 Å². The van der Waals surface area contributed by atoms with Crippen molar-refractivity contribution in [2.45, 2.75) is 164 Å². The van der Waals surface area contributed by atoms with Crippen LogP contribution >= 0.6 is 11.8 Å². The van der Waals surface area contributed by atoms with Gasteiger partial charge in [0.2, 0.25) is 18.0 Å². The smallest absolute Gasteiger partial charge is 0.239 e. The average molecular weight is 963 g/mol. The number of aliphatic hydroxyl groups is 3. The Labute approximate surface area is 411 Å². The van der Waals surface area contributed by atoms with E-state index in [0.717, 1.165) is 91.7 Å². The number of oxime groups is 1. The summed E-state index contributed by atoms with van der Waals surface area (Å²) in [6, 6.07) is 13.5. The van der Waals surface area contributed by atoms with Crippen molar-refractivity contribution in [1.82, 2.24) is 4.90 Å². The van der Waals surface area contributed by atoms with E-state index >= 15 is 4.79 Å². The molecule has 2 aliphatic carbocycles. The Balaban J connectivity index is 1.48. The zero-order valence-electron chi connectivity index (χ0n) is 41.2. The van der Waals surface area contributed by atoms with Gasteiger partial charge in [-0.25, -0.2) is 0 Å². The van der Waals surface area contributed by atoms with Crippen LogP contribution in [-0.4, -0.2) is 109 Å². The second-order valence-corrected chi connectivity index (χ2v) is 19.8. The van der Waals surface area contributed by atoms with Crippen molar-refractivity contribution in [2.75, 3.05) is 59.0 Å². The van der Waals surface area contributed by atoms with Crippen LogP contribution < -0.4 is 9.47 Å². The van der Waals surface area contributed by atoms with Gasteiger partial charge >= 0.3 is 0 Å². The summed E-state index contributed by atoms with van der Waals surface area (Å²) in [5, 5.41) is 34.8. The normalized spacial score (nSPS) is 24.7. The van der Waals surface area contributed by atoms with Gasteiger partial charge in [0.15, 0.2) is 0 Å². The topological polar surface area (TPSA) is 149 Å². The average Bonchev–Trinajstić information content (AvgIpc) is 3.36. The maximum atomic E-state index is 15.0. The highest BCUT2D eigenvalue weighted by molar-refractivity contribution is 7.98. The third kappa shape index (κ3) is 14.6. The Bertz CT molecular complexity index is 1870. The summed E-state index contributed by atoms with van der Waals surface area (Å²) in [5.41, 5.74) is 2.71. The number of hydrogen-bond donors (Lipinski definition) is 3. The summed E-state index contributed by atoms with van der Waals surface area (Å²) in [4.78, 5) is 24.4. The highest BCUT2D eigenvalue weighted by Crippen LogP contribution is 2.62. The fourth-order valence-corrected chi connectivity index (χ4v) is 11.3. The van der Waals surface area contributed by atoms with Gasteiger partial charge in [-0.2, -0.15) is 0 Å². The first-order valence-electron chi connectivity index (χ1n) is 26.1. The summed E-state index contributed by atoms with van der Waals surface area (Å²) in [5.74, 6) is 0.212. The Kier molecular flexibility index (Phi) is 23.0. The van der Waals surface area contributed by atoms with E-state index in [9.17, 15) is 15.3 Å². The zero-order valence-corrected chi connectivity index (χ0v) is 42.0. The molecule has 0 spiro atoms. The zero-order chi connectivity index (χ0) is 48.0. The molecule has 1 saturated heterocycles. The van der Waals surface area contributed by atoms with Crippen molar-refractivity contribution in [3.05, 3.63) is 72.3 Å². The summed E-state index contributed by atoms with van der Waals surface area (Å²) >= 11 is 1.68. The summed E-state index contributed by atoms with van der Waals surface area (Å²) < 4.78 is 33.2. The van der Waals surface area contributed by atoms with E-state index in [1.807, 2.05) is 29.2 Å². The minimum atomic E-state index is -1.38. The number of benzene rings is 2. The molecule has 68 heavy (non-hydrogen) atoms. The van der Waals surface area contributed by atoms with Gasteiger partial charge in [0, 0.05) is 55.4 Å². The second kappa shape index (κ2) is 29.0. The largest absolute Gasteiger partial charge is 0.459 e. The molecule has 7 unspecified atom stereocenters. The standard InChI is InChI=1S/C55H82N2O10S/c1-4-6-7-8-9-10-11-12-13-22-51(61)57(30-36-62-37-33-60)50-40-48(56-67-52-23-16-19-35-63-52)46-38-41(20-14-17-31-58)45(21-15-18-32-59)53-47-39-43(65-42-24-27-44(68-3)28-25-42)26-29-49(47)66-55(50,54(46)53)64-34-5-2/h5,24-29,38-39,41,45,50,52-54,58-60H,2,4,6-23,30-37,40H2,1,3H3. The molecule has 2 aromatic rings. The molecule has 2 heterocycles. The number of thioether (sulfide) groups is 1. The highest BCUT2D eigenvalue weighted by Gasteiger charge is 2.65. The Morgan fingerprint density at radius 2 is 1.63 bits per heavy atom. The minimum Gasteiger partial charge on any atom is -0.459 e. The van der Waals surface area contributed by atoms with E-state index in [2.05, 4.69) is 44.0 Å². The monoisotopic (exact) mass is 963 g/mol. The van der Waals surface area contributed by atoms with Crippen molar-refractivity contribution in [1.29, 1.82) is 0 Å². The van der Waals surface area contributed by atoms with Crippen LogP contribution in [-0.2, 0) is 23.8 Å². The summed E-state index contributed by atoms with van der Waals surface area (Å²) in [6.45, 7) is 7.86. The van der Waals surface area contributed by atoms with E-state index in [1.54, 1.807) is 17.8 Å². The lowest BCUT2D eigenvalue weighted by molar-refractivity contribution is -0.258.